The van der Waals surface area contributed by atoms with E-state index in [0.717, 1.165) is 5.57 Å². The molecule has 0 fully saturated rings. The summed E-state index contributed by atoms with van der Waals surface area (Å²) in [5, 5.41) is 0. The first-order valence-corrected chi connectivity index (χ1v) is 4.65. The lowest BCUT2D eigenvalue weighted by Crippen LogP contribution is -1.99. The van der Waals surface area contributed by atoms with Crippen molar-refractivity contribution in [1.29, 1.82) is 0 Å². The topological polar surface area (TPSA) is 26.3 Å². The van der Waals surface area contributed by atoms with E-state index in [1.54, 1.807) is 6.07 Å². The summed E-state index contributed by atoms with van der Waals surface area (Å²) in [6.07, 6.45) is 2.33. The molecule has 0 N–H and O–H groups in total. The first-order chi connectivity index (χ1) is 7.15. The van der Waals surface area contributed by atoms with Crippen molar-refractivity contribution >= 4 is 6.29 Å². The highest BCUT2D eigenvalue weighted by Gasteiger charge is 2.07. The average Bonchev–Trinajstić information content (AvgIpc) is 2.17. The number of hydrogen-bond acceptors (Lipinski definition) is 2. The Labute approximate surface area is 88.4 Å². The van der Waals surface area contributed by atoms with Gasteiger partial charge in [-0.1, -0.05) is 11.6 Å². The maximum absolute atomic E-state index is 13.1. The van der Waals surface area contributed by atoms with Crippen molar-refractivity contribution in [3.63, 3.8) is 0 Å². The van der Waals surface area contributed by atoms with Crippen LogP contribution < -0.4 is 4.74 Å². The SMILES string of the molecule is CC(C)=CCOc1cccc(F)c1C=O. The number of ether oxygens (including phenoxy) is 1. The number of allylic oxidation sites excluding steroid dienone is 1. The van der Waals surface area contributed by atoms with Crippen LogP contribution in [0.25, 0.3) is 0 Å². The number of rotatable bonds is 4. The van der Waals surface area contributed by atoms with Crippen LogP contribution in [0.5, 0.6) is 5.75 Å². The lowest BCUT2D eigenvalue weighted by atomic mass is 10.2. The zero-order valence-electron chi connectivity index (χ0n) is 8.79. The zero-order chi connectivity index (χ0) is 11.3. The number of aldehydes is 1. The Morgan fingerprint density at radius 1 is 1.47 bits per heavy atom. The predicted octanol–water partition coefficient (Wildman–Crippen LogP) is 2.98. The number of hydrogen-bond donors (Lipinski definition) is 0. The third-order valence-electron chi connectivity index (χ3n) is 1.86. The van der Waals surface area contributed by atoms with Crippen molar-refractivity contribution in [2.45, 2.75) is 13.8 Å². The van der Waals surface area contributed by atoms with Gasteiger partial charge >= 0.3 is 0 Å². The Kier molecular flexibility index (Phi) is 4.03. The minimum absolute atomic E-state index is 0.0281. The van der Waals surface area contributed by atoms with Crippen LogP contribution in [-0.2, 0) is 0 Å². The lowest BCUT2D eigenvalue weighted by Gasteiger charge is -2.06. The first kappa shape index (κ1) is 11.4. The predicted molar refractivity (Wildman–Crippen MR) is 56.7 cm³/mol. The Morgan fingerprint density at radius 2 is 2.20 bits per heavy atom. The van der Waals surface area contributed by atoms with E-state index < -0.39 is 5.82 Å². The van der Waals surface area contributed by atoms with E-state index in [-0.39, 0.29) is 11.3 Å². The molecule has 0 radical (unpaired) electrons. The van der Waals surface area contributed by atoms with Gasteiger partial charge in [0.2, 0.25) is 0 Å². The third-order valence-corrected chi connectivity index (χ3v) is 1.86. The van der Waals surface area contributed by atoms with E-state index in [9.17, 15) is 9.18 Å². The molecule has 1 aromatic rings. The molecule has 0 aliphatic heterocycles. The summed E-state index contributed by atoms with van der Waals surface area (Å²) in [6, 6.07) is 4.32. The second-order valence-corrected chi connectivity index (χ2v) is 3.36. The van der Waals surface area contributed by atoms with E-state index in [2.05, 4.69) is 0 Å². The van der Waals surface area contributed by atoms with Crippen LogP contribution in [0.3, 0.4) is 0 Å². The average molecular weight is 208 g/mol. The Bertz CT molecular complexity index is 379. The molecular formula is C12H13FO2. The summed E-state index contributed by atoms with van der Waals surface area (Å²) in [7, 11) is 0. The van der Waals surface area contributed by atoms with Crippen molar-refractivity contribution in [1.82, 2.24) is 0 Å². The molecule has 0 aliphatic carbocycles. The van der Waals surface area contributed by atoms with Crippen LogP contribution >= 0.6 is 0 Å². The molecule has 15 heavy (non-hydrogen) atoms. The molecule has 0 saturated heterocycles. The summed E-state index contributed by atoms with van der Waals surface area (Å²) in [5.41, 5.74) is 1.08. The highest BCUT2D eigenvalue weighted by atomic mass is 19.1. The van der Waals surface area contributed by atoms with E-state index in [1.165, 1.54) is 12.1 Å². The van der Waals surface area contributed by atoms with Gasteiger partial charge in [0.05, 0.1) is 5.56 Å². The Balaban J connectivity index is 2.81. The monoisotopic (exact) mass is 208 g/mol. The summed E-state index contributed by atoms with van der Waals surface area (Å²) >= 11 is 0. The van der Waals surface area contributed by atoms with Crippen LogP contribution in [-0.4, -0.2) is 12.9 Å². The smallest absolute Gasteiger partial charge is 0.156 e. The molecule has 2 nitrogen and oxygen atoms in total. The lowest BCUT2D eigenvalue weighted by molar-refractivity contribution is 0.111. The highest BCUT2D eigenvalue weighted by Crippen LogP contribution is 2.19. The fraction of sp³-hybridized carbons (Fsp3) is 0.250. The number of benzene rings is 1. The number of carbonyl (C=O) groups excluding carboxylic acids is 1. The van der Waals surface area contributed by atoms with Gasteiger partial charge in [-0.15, -0.1) is 0 Å². The molecule has 0 amide bonds. The second-order valence-electron chi connectivity index (χ2n) is 3.36. The fourth-order valence-electron chi connectivity index (χ4n) is 1.06. The van der Waals surface area contributed by atoms with Crippen molar-refractivity contribution in [2.24, 2.45) is 0 Å². The Hall–Kier alpha value is -1.64. The highest BCUT2D eigenvalue weighted by molar-refractivity contribution is 5.79. The molecule has 3 heteroatoms. The van der Waals surface area contributed by atoms with Gasteiger partial charge in [-0.3, -0.25) is 4.79 Å². The molecule has 0 atom stereocenters. The van der Waals surface area contributed by atoms with Crippen LogP contribution in [0.15, 0.2) is 29.8 Å². The van der Waals surface area contributed by atoms with Gasteiger partial charge in [0, 0.05) is 0 Å². The summed E-state index contributed by atoms with van der Waals surface area (Å²) in [5.74, 6) is -0.276. The standard InChI is InChI=1S/C12H13FO2/c1-9(2)6-7-15-12-5-3-4-11(13)10(12)8-14/h3-6,8H,7H2,1-2H3. The molecule has 1 aromatic carbocycles. The largest absolute Gasteiger partial charge is 0.489 e. The van der Waals surface area contributed by atoms with Crippen molar-refractivity contribution < 1.29 is 13.9 Å². The van der Waals surface area contributed by atoms with Gasteiger partial charge in [-0.05, 0) is 32.1 Å². The van der Waals surface area contributed by atoms with Gasteiger partial charge < -0.3 is 4.74 Å². The quantitative estimate of drug-likeness (QED) is 0.561. The maximum Gasteiger partial charge on any atom is 0.156 e. The Morgan fingerprint density at radius 3 is 2.80 bits per heavy atom. The van der Waals surface area contributed by atoms with Gasteiger partial charge in [0.1, 0.15) is 18.2 Å². The van der Waals surface area contributed by atoms with Gasteiger partial charge in [0.15, 0.2) is 6.29 Å². The molecule has 0 spiro atoms. The molecule has 0 unspecified atom stereocenters. The molecule has 1 rings (SSSR count). The minimum atomic E-state index is -0.556. The van der Waals surface area contributed by atoms with Crippen LogP contribution in [0, 0.1) is 5.82 Å². The normalized spacial score (nSPS) is 9.53. The minimum Gasteiger partial charge on any atom is -0.489 e. The van der Waals surface area contributed by atoms with E-state index in [0.29, 0.717) is 12.9 Å². The molecule has 80 valence electrons. The molecule has 0 aliphatic rings. The molecule has 0 saturated carbocycles. The van der Waals surface area contributed by atoms with Crippen molar-refractivity contribution in [3.8, 4) is 5.75 Å². The van der Waals surface area contributed by atoms with Gasteiger partial charge in [0.25, 0.3) is 0 Å². The molecule has 0 heterocycles. The van der Waals surface area contributed by atoms with E-state index in [4.69, 9.17) is 4.74 Å². The van der Waals surface area contributed by atoms with Crippen LogP contribution in [0.1, 0.15) is 24.2 Å². The summed E-state index contributed by atoms with van der Waals surface area (Å²) in [6.45, 7) is 4.22. The summed E-state index contributed by atoms with van der Waals surface area (Å²) in [4.78, 5) is 10.6. The summed E-state index contributed by atoms with van der Waals surface area (Å²) < 4.78 is 18.4. The maximum atomic E-state index is 13.1. The second kappa shape index (κ2) is 5.29. The van der Waals surface area contributed by atoms with Gasteiger partial charge in [-0.2, -0.15) is 0 Å². The van der Waals surface area contributed by atoms with Crippen LogP contribution in [0.2, 0.25) is 0 Å². The van der Waals surface area contributed by atoms with Crippen molar-refractivity contribution in [3.05, 3.63) is 41.2 Å². The number of carbonyl (C=O) groups is 1. The fourth-order valence-corrected chi connectivity index (χ4v) is 1.06. The van der Waals surface area contributed by atoms with E-state index in [1.807, 2.05) is 19.9 Å². The molecule has 0 aromatic heterocycles. The number of halogens is 1. The zero-order valence-corrected chi connectivity index (χ0v) is 8.79. The first-order valence-electron chi connectivity index (χ1n) is 4.65. The van der Waals surface area contributed by atoms with Crippen LogP contribution in [0.4, 0.5) is 4.39 Å². The van der Waals surface area contributed by atoms with E-state index >= 15 is 0 Å². The molecule has 0 bridgehead atoms. The molecular weight excluding hydrogens is 195 g/mol. The van der Waals surface area contributed by atoms with Crippen molar-refractivity contribution in [2.75, 3.05) is 6.61 Å². The van der Waals surface area contributed by atoms with Gasteiger partial charge in [-0.25, -0.2) is 4.39 Å². The third kappa shape index (κ3) is 3.20.